The van der Waals surface area contributed by atoms with Gasteiger partial charge < -0.3 is 10.6 Å². The molecule has 136 valence electrons. The van der Waals surface area contributed by atoms with Gasteiger partial charge in [0.25, 0.3) is 0 Å². The first-order valence-corrected chi connectivity index (χ1v) is 9.61. The van der Waals surface area contributed by atoms with E-state index in [2.05, 4.69) is 34.7 Å². The van der Waals surface area contributed by atoms with Gasteiger partial charge in [0.05, 0.1) is 0 Å². The second kappa shape index (κ2) is 8.83. The Bertz CT molecular complexity index is 684. The van der Waals surface area contributed by atoms with Crippen LogP contribution in [0.3, 0.4) is 0 Å². The summed E-state index contributed by atoms with van der Waals surface area (Å²) in [7, 11) is 0. The number of pyridine rings is 1. The molecule has 0 spiro atoms. The fraction of sp³-hybridized carbons (Fsp3) is 0.632. The van der Waals surface area contributed by atoms with E-state index in [9.17, 15) is 0 Å². The Kier molecular flexibility index (Phi) is 6.25. The molecule has 1 aliphatic carbocycles. The van der Waals surface area contributed by atoms with E-state index in [1.54, 1.807) is 0 Å². The molecule has 2 aromatic heterocycles. The van der Waals surface area contributed by atoms with Crippen LogP contribution in [0.1, 0.15) is 51.8 Å². The highest BCUT2D eigenvalue weighted by atomic mass is 15.3. The topological polar surface area (TPSA) is 66.6 Å². The lowest BCUT2D eigenvalue weighted by atomic mass is 9.81. The van der Waals surface area contributed by atoms with Crippen LogP contribution in [0.5, 0.6) is 0 Å². The van der Waals surface area contributed by atoms with Gasteiger partial charge >= 0.3 is 0 Å². The first kappa shape index (κ1) is 17.7. The van der Waals surface area contributed by atoms with Gasteiger partial charge in [-0.05, 0) is 43.7 Å². The summed E-state index contributed by atoms with van der Waals surface area (Å²) in [6, 6.07) is 5.91. The highest BCUT2D eigenvalue weighted by Crippen LogP contribution is 2.30. The minimum atomic E-state index is 0.517. The zero-order valence-electron chi connectivity index (χ0n) is 15.4. The predicted octanol–water partition coefficient (Wildman–Crippen LogP) is 3.00. The molecule has 0 radical (unpaired) electrons. The molecule has 6 nitrogen and oxygen atoms in total. The summed E-state index contributed by atoms with van der Waals surface area (Å²) in [4.78, 5) is 4.69. The van der Waals surface area contributed by atoms with E-state index in [4.69, 9.17) is 4.99 Å². The quantitative estimate of drug-likeness (QED) is 0.625. The summed E-state index contributed by atoms with van der Waals surface area (Å²) in [6.45, 7) is 6.78. The van der Waals surface area contributed by atoms with Crippen LogP contribution in [0.2, 0.25) is 0 Å². The number of rotatable bonds is 6. The van der Waals surface area contributed by atoms with Gasteiger partial charge in [0.1, 0.15) is 6.54 Å². The minimum absolute atomic E-state index is 0.517. The molecular formula is C19H30N6. The van der Waals surface area contributed by atoms with E-state index in [0.29, 0.717) is 6.54 Å². The Morgan fingerprint density at radius 3 is 2.68 bits per heavy atom. The van der Waals surface area contributed by atoms with Crippen molar-refractivity contribution in [1.29, 1.82) is 0 Å². The third kappa shape index (κ3) is 4.71. The SMILES string of the molecule is CCNC(=NCc1nnc2ccccn12)NCC1CCC(CC)CC1. The number of nitrogens with zero attached hydrogens (tertiary/aromatic N) is 4. The summed E-state index contributed by atoms with van der Waals surface area (Å²) in [5.41, 5.74) is 0.860. The van der Waals surface area contributed by atoms with Crippen molar-refractivity contribution < 1.29 is 0 Å². The van der Waals surface area contributed by atoms with Crippen LogP contribution in [-0.2, 0) is 6.54 Å². The average molecular weight is 342 g/mol. The van der Waals surface area contributed by atoms with Gasteiger partial charge in [0.15, 0.2) is 17.4 Å². The Morgan fingerprint density at radius 1 is 1.12 bits per heavy atom. The van der Waals surface area contributed by atoms with Crippen LogP contribution >= 0.6 is 0 Å². The lowest BCUT2D eigenvalue weighted by molar-refractivity contribution is 0.269. The molecule has 1 fully saturated rings. The summed E-state index contributed by atoms with van der Waals surface area (Å²) < 4.78 is 1.99. The summed E-state index contributed by atoms with van der Waals surface area (Å²) >= 11 is 0. The number of aliphatic imine (C=N–C) groups is 1. The lowest BCUT2D eigenvalue weighted by Crippen LogP contribution is -2.40. The summed E-state index contributed by atoms with van der Waals surface area (Å²) in [6.07, 6.45) is 8.73. The maximum Gasteiger partial charge on any atom is 0.191 e. The second-order valence-electron chi connectivity index (χ2n) is 6.92. The van der Waals surface area contributed by atoms with Crippen molar-refractivity contribution in [3.63, 3.8) is 0 Å². The minimum Gasteiger partial charge on any atom is -0.357 e. The zero-order valence-corrected chi connectivity index (χ0v) is 15.4. The highest BCUT2D eigenvalue weighted by Gasteiger charge is 2.19. The number of aromatic nitrogens is 3. The highest BCUT2D eigenvalue weighted by molar-refractivity contribution is 5.79. The van der Waals surface area contributed by atoms with Gasteiger partial charge in [-0.1, -0.05) is 32.3 Å². The third-order valence-corrected chi connectivity index (χ3v) is 5.21. The van der Waals surface area contributed by atoms with Crippen molar-refractivity contribution in [3.8, 4) is 0 Å². The third-order valence-electron chi connectivity index (χ3n) is 5.21. The molecule has 1 aliphatic rings. The summed E-state index contributed by atoms with van der Waals surface area (Å²) in [5, 5.41) is 15.3. The number of hydrogen-bond acceptors (Lipinski definition) is 3. The van der Waals surface area contributed by atoms with Crippen molar-refractivity contribution in [2.24, 2.45) is 16.8 Å². The Balaban J connectivity index is 1.56. The van der Waals surface area contributed by atoms with Gasteiger partial charge in [-0.3, -0.25) is 4.40 Å². The van der Waals surface area contributed by atoms with Crippen LogP contribution in [0.25, 0.3) is 5.65 Å². The molecular weight excluding hydrogens is 312 g/mol. The van der Waals surface area contributed by atoms with E-state index < -0.39 is 0 Å². The van der Waals surface area contributed by atoms with Crippen LogP contribution in [-0.4, -0.2) is 33.6 Å². The molecule has 0 aromatic carbocycles. The van der Waals surface area contributed by atoms with E-state index >= 15 is 0 Å². The normalized spacial score (nSPS) is 21.4. The van der Waals surface area contributed by atoms with Crippen LogP contribution in [0, 0.1) is 11.8 Å². The number of hydrogen-bond donors (Lipinski definition) is 2. The van der Waals surface area contributed by atoms with E-state index in [-0.39, 0.29) is 0 Å². The van der Waals surface area contributed by atoms with Crippen molar-refractivity contribution in [1.82, 2.24) is 25.2 Å². The van der Waals surface area contributed by atoms with Crippen LogP contribution < -0.4 is 10.6 Å². The molecule has 3 rings (SSSR count). The maximum atomic E-state index is 4.69. The van der Waals surface area contributed by atoms with Gasteiger partial charge in [0.2, 0.25) is 0 Å². The Morgan fingerprint density at radius 2 is 1.92 bits per heavy atom. The number of nitrogens with one attached hydrogen (secondary N) is 2. The maximum absolute atomic E-state index is 4.69. The van der Waals surface area contributed by atoms with Crippen molar-refractivity contribution in [2.45, 2.75) is 52.5 Å². The molecule has 0 atom stereocenters. The predicted molar refractivity (Wildman–Crippen MR) is 102 cm³/mol. The molecule has 2 aromatic rings. The molecule has 2 heterocycles. The largest absolute Gasteiger partial charge is 0.357 e. The van der Waals surface area contributed by atoms with Gasteiger partial charge in [-0.2, -0.15) is 0 Å². The van der Waals surface area contributed by atoms with Gasteiger partial charge in [-0.25, -0.2) is 4.99 Å². The molecule has 25 heavy (non-hydrogen) atoms. The Labute approximate surface area is 150 Å². The van der Waals surface area contributed by atoms with Gasteiger partial charge in [0, 0.05) is 19.3 Å². The van der Waals surface area contributed by atoms with E-state index in [1.807, 2.05) is 28.8 Å². The summed E-state index contributed by atoms with van der Waals surface area (Å²) in [5.74, 6) is 3.43. The standard InChI is InChI=1S/C19H30N6/c1-3-15-8-10-16(11-9-15)13-21-19(20-4-2)22-14-18-24-23-17-7-5-6-12-25(17)18/h5-7,12,15-16H,3-4,8-11,13-14H2,1-2H3,(H2,20,21,22). The molecule has 0 unspecified atom stereocenters. The van der Waals surface area contributed by atoms with Crippen molar-refractivity contribution >= 4 is 11.6 Å². The van der Waals surface area contributed by atoms with Crippen molar-refractivity contribution in [2.75, 3.05) is 13.1 Å². The molecule has 0 amide bonds. The molecule has 0 bridgehead atoms. The number of fused-ring (bicyclic) bond motifs is 1. The molecule has 1 saturated carbocycles. The van der Waals surface area contributed by atoms with E-state index in [0.717, 1.165) is 42.4 Å². The van der Waals surface area contributed by atoms with Crippen molar-refractivity contribution in [3.05, 3.63) is 30.2 Å². The van der Waals surface area contributed by atoms with E-state index in [1.165, 1.54) is 32.1 Å². The zero-order chi connectivity index (χ0) is 17.5. The average Bonchev–Trinajstić information content (AvgIpc) is 3.07. The van der Waals surface area contributed by atoms with Gasteiger partial charge in [-0.15, -0.1) is 10.2 Å². The second-order valence-corrected chi connectivity index (χ2v) is 6.92. The molecule has 6 heteroatoms. The van der Waals surface area contributed by atoms with Crippen LogP contribution in [0.15, 0.2) is 29.4 Å². The molecule has 2 N–H and O–H groups in total. The number of guanidine groups is 1. The molecule has 0 saturated heterocycles. The first-order valence-electron chi connectivity index (χ1n) is 9.61. The monoisotopic (exact) mass is 342 g/mol. The Hall–Kier alpha value is -2.11. The smallest absolute Gasteiger partial charge is 0.191 e. The molecule has 0 aliphatic heterocycles. The van der Waals surface area contributed by atoms with Crippen LogP contribution in [0.4, 0.5) is 0 Å². The fourth-order valence-electron chi connectivity index (χ4n) is 3.58. The lowest BCUT2D eigenvalue weighted by Gasteiger charge is -2.28. The first-order chi connectivity index (χ1) is 12.3. The fourth-order valence-corrected chi connectivity index (χ4v) is 3.58.